The normalized spacial score (nSPS) is 9.95. The van der Waals surface area contributed by atoms with Gasteiger partial charge in [0.05, 0.1) is 20.8 Å². The predicted molar refractivity (Wildman–Crippen MR) is 81.4 cm³/mol. The van der Waals surface area contributed by atoms with Crippen molar-refractivity contribution in [2.75, 3.05) is 41.0 Å². The molecule has 0 aliphatic carbocycles. The van der Waals surface area contributed by atoms with Crippen LogP contribution in [-0.4, -0.2) is 52.8 Å². The molecule has 0 fully saturated rings. The summed E-state index contributed by atoms with van der Waals surface area (Å²) in [6.07, 6.45) is 0.728. The second-order valence-electron chi connectivity index (χ2n) is 4.45. The molecular formula is C15H22N2O5. The molecule has 7 nitrogen and oxygen atoms in total. The van der Waals surface area contributed by atoms with Crippen molar-refractivity contribution in [2.24, 2.45) is 0 Å². The predicted octanol–water partition coefficient (Wildman–Crippen LogP) is 0.586. The summed E-state index contributed by atoms with van der Waals surface area (Å²) in [6, 6.07) is 4.80. The number of methoxy groups -OCH3 is 3. The molecule has 2 amide bonds. The Hall–Kier alpha value is -2.28. The molecule has 1 rings (SSSR count). The number of hydrogen-bond acceptors (Lipinski definition) is 5. The fourth-order valence-corrected chi connectivity index (χ4v) is 1.75. The molecule has 0 atom stereocenters. The standard InChI is InChI=1S/C15H22N2O5/c1-20-8-4-7-16-14(18)10-17-15(19)11-5-6-12(21-2)13(9-11)22-3/h5-6,9H,4,7-8,10H2,1-3H3,(H,16,18)(H,17,19). The molecule has 1 aromatic rings. The van der Waals surface area contributed by atoms with Crippen LogP contribution < -0.4 is 20.1 Å². The quantitative estimate of drug-likeness (QED) is 0.652. The topological polar surface area (TPSA) is 85.9 Å². The van der Waals surface area contributed by atoms with E-state index >= 15 is 0 Å². The Morgan fingerprint density at radius 2 is 1.77 bits per heavy atom. The van der Waals surface area contributed by atoms with Crippen LogP contribution in [0.5, 0.6) is 11.5 Å². The van der Waals surface area contributed by atoms with Gasteiger partial charge in [-0.1, -0.05) is 0 Å². The summed E-state index contributed by atoms with van der Waals surface area (Å²) >= 11 is 0. The van der Waals surface area contributed by atoms with Gasteiger partial charge in [-0.15, -0.1) is 0 Å². The van der Waals surface area contributed by atoms with Crippen molar-refractivity contribution in [3.05, 3.63) is 23.8 Å². The fraction of sp³-hybridized carbons (Fsp3) is 0.467. The van der Waals surface area contributed by atoms with E-state index in [-0.39, 0.29) is 18.4 Å². The molecule has 0 unspecified atom stereocenters. The number of nitrogens with one attached hydrogen (secondary N) is 2. The van der Waals surface area contributed by atoms with Crippen LogP contribution >= 0.6 is 0 Å². The highest BCUT2D eigenvalue weighted by molar-refractivity contribution is 5.97. The molecule has 0 aliphatic heterocycles. The zero-order chi connectivity index (χ0) is 16.4. The van der Waals surface area contributed by atoms with E-state index in [2.05, 4.69) is 10.6 Å². The van der Waals surface area contributed by atoms with Crippen LogP contribution in [0.1, 0.15) is 16.8 Å². The first-order valence-corrected chi connectivity index (χ1v) is 6.88. The van der Waals surface area contributed by atoms with Crippen molar-refractivity contribution in [1.29, 1.82) is 0 Å². The van der Waals surface area contributed by atoms with Crippen LogP contribution in [0.2, 0.25) is 0 Å². The molecule has 22 heavy (non-hydrogen) atoms. The van der Waals surface area contributed by atoms with E-state index in [1.807, 2.05) is 0 Å². The second kappa shape index (κ2) is 9.62. The Morgan fingerprint density at radius 3 is 2.41 bits per heavy atom. The molecule has 0 spiro atoms. The summed E-state index contributed by atoms with van der Waals surface area (Å²) in [5, 5.41) is 5.24. The van der Waals surface area contributed by atoms with Crippen LogP contribution in [-0.2, 0) is 9.53 Å². The van der Waals surface area contributed by atoms with Crippen LogP contribution in [0.15, 0.2) is 18.2 Å². The number of hydrogen-bond donors (Lipinski definition) is 2. The molecule has 0 aliphatic rings. The highest BCUT2D eigenvalue weighted by Gasteiger charge is 2.11. The van der Waals surface area contributed by atoms with E-state index in [4.69, 9.17) is 14.2 Å². The molecule has 7 heteroatoms. The maximum atomic E-state index is 12.0. The molecule has 122 valence electrons. The Labute approximate surface area is 129 Å². The summed E-state index contributed by atoms with van der Waals surface area (Å²) in [5.41, 5.74) is 0.393. The van der Waals surface area contributed by atoms with Crippen LogP contribution in [0.3, 0.4) is 0 Å². The third-order valence-corrected chi connectivity index (χ3v) is 2.90. The van der Waals surface area contributed by atoms with Crippen LogP contribution in [0.4, 0.5) is 0 Å². The molecule has 0 bridgehead atoms. The lowest BCUT2D eigenvalue weighted by Gasteiger charge is -2.10. The summed E-state index contributed by atoms with van der Waals surface area (Å²) in [5.74, 6) is 0.395. The number of carbonyl (C=O) groups excluding carboxylic acids is 2. The van der Waals surface area contributed by atoms with Gasteiger partial charge in [0, 0.05) is 25.8 Å². The summed E-state index contributed by atoms with van der Waals surface area (Å²) in [6.45, 7) is 1.01. The summed E-state index contributed by atoms with van der Waals surface area (Å²) < 4.78 is 15.1. The molecule has 2 N–H and O–H groups in total. The maximum absolute atomic E-state index is 12.0. The van der Waals surface area contributed by atoms with Crippen molar-refractivity contribution in [3.63, 3.8) is 0 Å². The van der Waals surface area contributed by atoms with Gasteiger partial charge in [0.25, 0.3) is 5.91 Å². The first-order chi connectivity index (χ1) is 10.6. The van der Waals surface area contributed by atoms with Gasteiger partial charge < -0.3 is 24.8 Å². The lowest BCUT2D eigenvalue weighted by Crippen LogP contribution is -2.37. The van der Waals surface area contributed by atoms with Crippen molar-refractivity contribution in [1.82, 2.24) is 10.6 Å². The second-order valence-corrected chi connectivity index (χ2v) is 4.45. The van der Waals surface area contributed by atoms with Crippen LogP contribution in [0.25, 0.3) is 0 Å². The Balaban J connectivity index is 2.46. The number of amides is 2. The summed E-state index contributed by atoms with van der Waals surface area (Å²) in [4.78, 5) is 23.5. The lowest BCUT2D eigenvalue weighted by molar-refractivity contribution is -0.120. The Kier molecular flexibility index (Phi) is 7.77. The molecule has 0 radical (unpaired) electrons. The first-order valence-electron chi connectivity index (χ1n) is 6.88. The largest absolute Gasteiger partial charge is 0.493 e. The van der Waals surface area contributed by atoms with Crippen LogP contribution in [0, 0.1) is 0 Å². The lowest BCUT2D eigenvalue weighted by atomic mass is 10.2. The molecule has 0 aromatic heterocycles. The van der Waals surface area contributed by atoms with E-state index in [1.54, 1.807) is 25.3 Å². The number of rotatable bonds is 9. The molecule has 0 saturated heterocycles. The highest BCUT2D eigenvalue weighted by Crippen LogP contribution is 2.27. The number of ether oxygens (including phenoxy) is 3. The first kappa shape index (κ1) is 17.8. The Morgan fingerprint density at radius 1 is 1.05 bits per heavy atom. The van der Waals surface area contributed by atoms with Crippen molar-refractivity contribution < 1.29 is 23.8 Å². The molecule has 0 heterocycles. The van der Waals surface area contributed by atoms with Crippen molar-refractivity contribution in [2.45, 2.75) is 6.42 Å². The third-order valence-electron chi connectivity index (χ3n) is 2.90. The number of benzene rings is 1. The minimum absolute atomic E-state index is 0.0832. The maximum Gasteiger partial charge on any atom is 0.251 e. The van der Waals surface area contributed by atoms with E-state index in [1.165, 1.54) is 14.2 Å². The monoisotopic (exact) mass is 310 g/mol. The van der Waals surface area contributed by atoms with Crippen molar-refractivity contribution in [3.8, 4) is 11.5 Å². The fourth-order valence-electron chi connectivity index (χ4n) is 1.75. The molecule has 1 aromatic carbocycles. The summed E-state index contributed by atoms with van der Waals surface area (Å²) in [7, 11) is 4.61. The van der Waals surface area contributed by atoms with Gasteiger partial charge in [-0.3, -0.25) is 9.59 Å². The Bertz CT molecular complexity index is 505. The van der Waals surface area contributed by atoms with Crippen molar-refractivity contribution >= 4 is 11.8 Å². The molecular weight excluding hydrogens is 288 g/mol. The minimum atomic E-state index is -0.354. The van der Waals surface area contributed by atoms with Gasteiger partial charge in [-0.05, 0) is 24.6 Å². The van der Waals surface area contributed by atoms with Gasteiger partial charge >= 0.3 is 0 Å². The third kappa shape index (κ3) is 5.61. The number of carbonyl (C=O) groups is 2. The smallest absolute Gasteiger partial charge is 0.251 e. The van der Waals surface area contributed by atoms with Gasteiger partial charge in [0.1, 0.15) is 0 Å². The SMILES string of the molecule is COCCCNC(=O)CNC(=O)c1ccc(OC)c(OC)c1. The average molecular weight is 310 g/mol. The van der Waals surface area contributed by atoms with E-state index in [0.717, 1.165) is 6.42 Å². The van der Waals surface area contributed by atoms with E-state index in [0.29, 0.717) is 30.2 Å². The van der Waals surface area contributed by atoms with Gasteiger partial charge in [0.2, 0.25) is 5.91 Å². The van der Waals surface area contributed by atoms with E-state index < -0.39 is 0 Å². The zero-order valence-corrected chi connectivity index (χ0v) is 13.1. The van der Waals surface area contributed by atoms with Gasteiger partial charge in [0.15, 0.2) is 11.5 Å². The zero-order valence-electron chi connectivity index (χ0n) is 13.1. The van der Waals surface area contributed by atoms with Gasteiger partial charge in [-0.2, -0.15) is 0 Å². The van der Waals surface area contributed by atoms with Gasteiger partial charge in [-0.25, -0.2) is 0 Å². The van der Waals surface area contributed by atoms with E-state index in [9.17, 15) is 9.59 Å². The average Bonchev–Trinajstić information content (AvgIpc) is 2.55. The highest BCUT2D eigenvalue weighted by atomic mass is 16.5. The molecule has 0 saturated carbocycles. The minimum Gasteiger partial charge on any atom is -0.493 e.